The van der Waals surface area contributed by atoms with Gasteiger partial charge in [-0.2, -0.15) is 0 Å². The fourth-order valence-corrected chi connectivity index (χ4v) is 6.18. The monoisotopic (exact) mass is 704 g/mol. The van der Waals surface area contributed by atoms with E-state index in [4.69, 9.17) is 14.2 Å². The van der Waals surface area contributed by atoms with Crippen molar-refractivity contribution >= 4 is 46.1 Å². The van der Waals surface area contributed by atoms with Crippen molar-refractivity contribution in [2.45, 2.75) is 25.7 Å². The number of hydrogen-bond acceptors (Lipinski definition) is 7. The molecule has 0 spiro atoms. The molecule has 0 heterocycles. The molecule has 0 saturated heterocycles. The van der Waals surface area contributed by atoms with Crippen molar-refractivity contribution in [1.29, 1.82) is 0 Å². The quantitative estimate of drug-likeness (QED) is 0.0734. The lowest BCUT2D eigenvalue weighted by atomic mass is 10.0. The summed E-state index contributed by atoms with van der Waals surface area (Å²) in [6.07, 6.45) is 1.93. The standard InChI is InChI=1S/C46H44N2O5/c1-51-33-34-53-46(50)32-18-36-15-25-42(26-16-36)48(40-11-7-4-8-12-40)44-29-21-38(22-30-44)37-19-27-43(28-20-37)47(39-9-5-3-6-10-39)41-23-13-35(14-24-41)17-31-45(49)52-2/h3-16,19-30H,17-18,31-34H2,1-2H3. The van der Waals surface area contributed by atoms with Gasteiger partial charge >= 0.3 is 11.9 Å². The zero-order valence-corrected chi connectivity index (χ0v) is 30.2. The zero-order valence-electron chi connectivity index (χ0n) is 30.2. The molecule has 6 aromatic carbocycles. The van der Waals surface area contributed by atoms with E-state index in [1.165, 1.54) is 7.11 Å². The highest BCUT2D eigenvalue weighted by atomic mass is 16.6. The fraction of sp³-hybridized carbons (Fsp3) is 0.174. The van der Waals surface area contributed by atoms with Gasteiger partial charge in [0.2, 0.25) is 0 Å². The minimum Gasteiger partial charge on any atom is -0.469 e. The molecule has 7 heteroatoms. The third kappa shape index (κ3) is 9.79. The topological polar surface area (TPSA) is 68.3 Å². The average Bonchev–Trinajstić information content (AvgIpc) is 3.22. The van der Waals surface area contributed by atoms with Crippen molar-refractivity contribution in [1.82, 2.24) is 0 Å². The SMILES string of the molecule is COCCOC(=O)CCc1ccc(N(c2ccccc2)c2ccc(-c3ccc(N(c4ccccc4)c4ccc(CCC(=O)OC)cc4)cc3)cc2)cc1. The molecule has 0 saturated carbocycles. The maximum absolute atomic E-state index is 12.1. The Morgan fingerprint density at radius 3 is 1.17 bits per heavy atom. The summed E-state index contributed by atoms with van der Waals surface area (Å²) in [5, 5.41) is 0. The van der Waals surface area contributed by atoms with E-state index in [0.717, 1.165) is 56.4 Å². The summed E-state index contributed by atoms with van der Waals surface area (Å²) in [6, 6.07) is 54.5. The number of carbonyl (C=O) groups is 2. The van der Waals surface area contributed by atoms with E-state index in [1.54, 1.807) is 7.11 Å². The highest BCUT2D eigenvalue weighted by Gasteiger charge is 2.15. The largest absolute Gasteiger partial charge is 0.469 e. The molecule has 0 fully saturated rings. The molecule has 0 aliphatic carbocycles. The van der Waals surface area contributed by atoms with Crippen LogP contribution in [0.1, 0.15) is 24.0 Å². The van der Waals surface area contributed by atoms with Crippen LogP contribution >= 0.6 is 0 Å². The second-order valence-corrected chi connectivity index (χ2v) is 12.6. The van der Waals surface area contributed by atoms with Gasteiger partial charge in [-0.05, 0) is 108 Å². The second-order valence-electron chi connectivity index (χ2n) is 12.6. The second kappa shape index (κ2) is 18.4. The van der Waals surface area contributed by atoms with E-state index >= 15 is 0 Å². The number of methoxy groups -OCH3 is 2. The van der Waals surface area contributed by atoms with Crippen molar-refractivity contribution < 1.29 is 23.8 Å². The van der Waals surface area contributed by atoms with Gasteiger partial charge in [0.25, 0.3) is 0 Å². The summed E-state index contributed by atoms with van der Waals surface area (Å²) in [5.41, 5.74) is 10.6. The number of nitrogens with zero attached hydrogens (tertiary/aromatic N) is 2. The molecule has 0 amide bonds. The molecule has 7 nitrogen and oxygen atoms in total. The summed E-state index contributed by atoms with van der Waals surface area (Å²) >= 11 is 0. The van der Waals surface area contributed by atoms with Gasteiger partial charge in [-0.3, -0.25) is 9.59 Å². The predicted molar refractivity (Wildman–Crippen MR) is 213 cm³/mol. The third-order valence-corrected chi connectivity index (χ3v) is 9.02. The van der Waals surface area contributed by atoms with Crippen molar-refractivity contribution in [2.75, 3.05) is 37.2 Å². The molecule has 0 N–H and O–H groups in total. The maximum atomic E-state index is 12.1. The van der Waals surface area contributed by atoms with E-state index in [1.807, 2.05) is 36.4 Å². The molecule has 6 aromatic rings. The molecule has 0 unspecified atom stereocenters. The normalized spacial score (nSPS) is 10.8. The van der Waals surface area contributed by atoms with Crippen molar-refractivity contribution in [3.8, 4) is 11.1 Å². The van der Waals surface area contributed by atoms with Crippen LogP contribution in [-0.4, -0.2) is 39.4 Å². The highest BCUT2D eigenvalue weighted by molar-refractivity contribution is 5.81. The first-order valence-electron chi connectivity index (χ1n) is 17.8. The van der Waals surface area contributed by atoms with Gasteiger partial charge in [-0.15, -0.1) is 0 Å². The van der Waals surface area contributed by atoms with E-state index in [0.29, 0.717) is 32.3 Å². The third-order valence-electron chi connectivity index (χ3n) is 9.02. The minimum absolute atomic E-state index is 0.207. The van der Waals surface area contributed by atoms with Crippen LogP contribution in [0.15, 0.2) is 158 Å². The smallest absolute Gasteiger partial charge is 0.306 e. The van der Waals surface area contributed by atoms with Crippen molar-refractivity contribution in [3.63, 3.8) is 0 Å². The zero-order chi connectivity index (χ0) is 36.8. The van der Waals surface area contributed by atoms with Crippen LogP contribution in [-0.2, 0) is 36.6 Å². The summed E-state index contributed by atoms with van der Waals surface area (Å²) in [7, 11) is 3.01. The molecule has 0 bridgehead atoms. The molecule has 0 radical (unpaired) electrons. The fourth-order valence-electron chi connectivity index (χ4n) is 6.18. The molecule has 0 aliphatic rings. The summed E-state index contributed by atoms with van der Waals surface area (Å²) < 4.78 is 15.0. The first-order chi connectivity index (χ1) is 26.0. The van der Waals surface area contributed by atoms with Gasteiger partial charge in [-0.25, -0.2) is 0 Å². The van der Waals surface area contributed by atoms with Crippen LogP contribution in [0.2, 0.25) is 0 Å². The van der Waals surface area contributed by atoms with Gasteiger partial charge in [-0.1, -0.05) is 84.9 Å². The first-order valence-corrected chi connectivity index (χ1v) is 17.8. The van der Waals surface area contributed by atoms with Gasteiger partial charge in [0.15, 0.2) is 0 Å². The van der Waals surface area contributed by atoms with Crippen LogP contribution < -0.4 is 9.80 Å². The van der Waals surface area contributed by atoms with Gasteiger partial charge in [0.1, 0.15) is 6.61 Å². The molecular formula is C46H44N2O5. The molecule has 53 heavy (non-hydrogen) atoms. The summed E-state index contributed by atoms with van der Waals surface area (Å²) in [5.74, 6) is -0.429. The van der Waals surface area contributed by atoms with Crippen LogP contribution in [0.4, 0.5) is 34.1 Å². The number of aryl methyl sites for hydroxylation is 2. The summed E-state index contributed by atoms with van der Waals surface area (Å²) in [6.45, 7) is 0.671. The Labute approximate surface area is 312 Å². The Bertz CT molecular complexity index is 2030. The predicted octanol–water partition coefficient (Wildman–Crippen LogP) is 10.5. The number of anilines is 6. The minimum atomic E-state index is -0.222. The van der Waals surface area contributed by atoms with Crippen molar-refractivity contribution in [3.05, 3.63) is 169 Å². The Morgan fingerprint density at radius 2 is 0.792 bits per heavy atom. The van der Waals surface area contributed by atoms with Gasteiger partial charge < -0.3 is 24.0 Å². The lowest BCUT2D eigenvalue weighted by Crippen LogP contribution is -2.11. The van der Waals surface area contributed by atoms with Gasteiger partial charge in [0.05, 0.1) is 13.7 Å². The lowest BCUT2D eigenvalue weighted by Gasteiger charge is -2.26. The van der Waals surface area contributed by atoms with Gasteiger partial charge in [0, 0.05) is 54.1 Å². The highest BCUT2D eigenvalue weighted by Crippen LogP contribution is 2.38. The Balaban J connectivity index is 1.20. The van der Waals surface area contributed by atoms with E-state index in [9.17, 15) is 9.59 Å². The van der Waals surface area contributed by atoms with Crippen LogP contribution in [0.3, 0.4) is 0 Å². The van der Waals surface area contributed by atoms with E-state index < -0.39 is 0 Å². The Hall–Kier alpha value is -6.18. The number of para-hydroxylation sites is 2. The van der Waals surface area contributed by atoms with Crippen LogP contribution in [0.25, 0.3) is 11.1 Å². The number of carbonyl (C=O) groups excluding carboxylic acids is 2. The first kappa shape index (κ1) is 36.6. The van der Waals surface area contributed by atoms with E-state index in [-0.39, 0.29) is 18.5 Å². The lowest BCUT2D eigenvalue weighted by molar-refractivity contribution is -0.145. The summed E-state index contributed by atoms with van der Waals surface area (Å²) in [4.78, 5) is 28.2. The molecule has 0 atom stereocenters. The molecule has 268 valence electrons. The Kier molecular flexibility index (Phi) is 12.7. The van der Waals surface area contributed by atoms with E-state index in [2.05, 4.69) is 131 Å². The number of hydrogen-bond donors (Lipinski definition) is 0. The average molecular weight is 705 g/mol. The number of esters is 2. The maximum Gasteiger partial charge on any atom is 0.306 e. The molecule has 0 aliphatic heterocycles. The molecular weight excluding hydrogens is 661 g/mol. The number of benzene rings is 6. The number of ether oxygens (including phenoxy) is 3. The van der Waals surface area contributed by atoms with Crippen molar-refractivity contribution in [2.24, 2.45) is 0 Å². The molecule has 0 aromatic heterocycles. The number of rotatable bonds is 16. The molecule has 6 rings (SSSR count). The Morgan fingerprint density at radius 1 is 0.434 bits per heavy atom. The van der Waals surface area contributed by atoms with Crippen LogP contribution in [0, 0.1) is 0 Å². The van der Waals surface area contributed by atoms with Crippen LogP contribution in [0.5, 0.6) is 0 Å².